The van der Waals surface area contributed by atoms with Crippen molar-refractivity contribution in [3.8, 4) is 0 Å². The van der Waals surface area contributed by atoms with Gasteiger partial charge >= 0.3 is 5.97 Å². The Morgan fingerprint density at radius 1 is 1.77 bits per heavy atom. The largest absolute Gasteiger partial charge is 0.463 e. The Balaban J connectivity index is 2.07. The Bertz CT molecular complexity index is 164. The molecule has 0 spiro atoms. The van der Waals surface area contributed by atoms with Gasteiger partial charge in [0.05, 0.1) is 12.5 Å². The number of nitrogens with two attached hydrogens (primary N) is 1. The van der Waals surface area contributed by atoms with Gasteiger partial charge < -0.3 is 15.2 Å². The van der Waals surface area contributed by atoms with Crippen molar-refractivity contribution in [3.05, 3.63) is 0 Å². The molecule has 1 fully saturated rings. The number of hydrogen-bond acceptors (Lipinski definition) is 4. The van der Waals surface area contributed by atoms with E-state index in [0.29, 0.717) is 6.61 Å². The fourth-order valence-electron chi connectivity index (χ4n) is 1.28. The predicted molar refractivity (Wildman–Crippen MR) is 48.2 cm³/mol. The second kappa shape index (κ2) is 5.19. The Kier molecular flexibility index (Phi) is 4.18. The van der Waals surface area contributed by atoms with E-state index in [0.717, 1.165) is 19.4 Å². The van der Waals surface area contributed by atoms with Crippen molar-refractivity contribution in [2.45, 2.75) is 38.3 Å². The van der Waals surface area contributed by atoms with Crippen molar-refractivity contribution in [1.29, 1.82) is 0 Å². The van der Waals surface area contributed by atoms with Crippen LogP contribution in [0.1, 0.15) is 26.2 Å². The summed E-state index contributed by atoms with van der Waals surface area (Å²) >= 11 is 0. The topological polar surface area (TPSA) is 61.6 Å². The summed E-state index contributed by atoms with van der Waals surface area (Å²) in [5.74, 6) is -0.231. The van der Waals surface area contributed by atoms with Crippen LogP contribution in [-0.2, 0) is 14.3 Å². The summed E-state index contributed by atoms with van der Waals surface area (Å²) in [4.78, 5) is 11.1. The monoisotopic (exact) mass is 187 g/mol. The third-order valence-electron chi connectivity index (χ3n) is 1.94. The number of carbonyl (C=O) groups is 1. The number of rotatable bonds is 4. The van der Waals surface area contributed by atoms with E-state index in [-0.39, 0.29) is 24.5 Å². The Hall–Kier alpha value is -0.610. The van der Waals surface area contributed by atoms with Crippen LogP contribution >= 0.6 is 0 Å². The summed E-state index contributed by atoms with van der Waals surface area (Å²) in [6, 6.07) is -0.128. The quantitative estimate of drug-likeness (QED) is 0.649. The molecule has 0 bridgehead atoms. The van der Waals surface area contributed by atoms with Gasteiger partial charge in [-0.25, -0.2) is 0 Å². The van der Waals surface area contributed by atoms with Crippen LogP contribution in [0.2, 0.25) is 0 Å². The van der Waals surface area contributed by atoms with E-state index < -0.39 is 0 Å². The highest BCUT2D eigenvalue weighted by molar-refractivity contribution is 5.70. The maximum absolute atomic E-state index is 11.1. The summed E-state index contributed by atoms with van der Waals surface area (Å²) in [7, 11) is 0. The first kappa shape index (κ1) is 10.5. The molecule has 0 aromatic heterocycles. The standard InChI is InChI=1S/C9H17NO3/c1-7(10)5-9(11)13-6-8-3-2-4-12-8/h7-8H,2-6,10H2,1H3. The van der Waals surface area contributed by atoms with Crippen LogP contribution in [0.5, 0.6) is 0 Å². The summed E-state index contributed by atoms with van der Waals surface area (Å²) in [5.41, 5.74) is 5.44. The van der Waals surface area contributed by atoms with Crippen molar-refractivity contribution >= 4 is 5.97 Å². The van der Waals surface area contributed by atoms with Gasteiger partial charge in [0.15, 0.2) is 0 Å². The lowest BCUT2D eigenvalue weighted by molar-refractivity contribution is -0.147. The minimum atomic E-state index is -0.231. The molecule has 0 aliphatic carbocycles. The first-order valence-electron chi connectivity index (χ1n) is 4.71. The van der Waals surface area contributed by atoms with E-state index in [1.807, 2.05) is 0 Å². The van der Waals surface area contributed by atoms with Gasteiger partial charge in [-0.1, -0.05) is 0 Å². The van der Waals surface area contributed by atoms with Gasteiger partial charge in [0.25, 0.3) is 0 Å². The first-order valence-corrected chi connectivity index (χ1v) is 4.71. The fourth-order valence-corrected chi connectivity index (χ4v) is 1.28. The molecule has 0 aromatic rings. The van der Waals surface area contributed by atoms with E-state index in [1.54, 1.807) is 6.92 Å². The average Bonchev–Trinajstić information content (AvgIpc) is 2.51. The minimum Gasteiger partial charge on any atom is -0.463 e. The summed E-state index contributed by atoms with van der Waals surface area (Å²) in [6.45, 7) is 2.95. The Morgan fingerprint density at radius 2 is 2.54 bits per heavy atom. The molecule has 1 rings (SSSR count). The Labute approximate surface area is 78.4 Å². The molecule has 0 amide bonds. The zero-order chi connectivity index (χ0) is 9.68. The molecule has 1 saturated heterocycles. The van der Waals surface area contributed by atoms with Crippen molar-refractivity contribution < 1.29 is 14.3 Å². The SMILES string of the molecule is CC(N)CC(=O)OCC1CCCO1. The number of carbonyl (C=O) groups excluding carboxylic acids is 1. The number of hydrogen-bond donors (Lipinski definition) is 1. The van der Waals surface area contributed by atoms with Crippen molar-refractivity contribution in [2.24, 2.45) is 5.73 Å². The molecule has 2 N–H and O–H groups in total. The normalized spacial score (nSPS) is 24.3. The lowest BCUT2D eigenvalue weighted by Gasteiger charge is -2.10. The maximum Gasteiger partial charge on any atom is 0.307 e. The molecule has 76 valence electrons. The van der Waals surface area contributed by atoms with Gasteiger partial charge in [-0.15, -0.1) is 0 Å². The van der Waals surface area contributed by atoms with Gasteiger partial charge in [0.2, 0.25) is 0 Å². The van der Waals surface area contributed by atoms with Crippen LogP contribution in [0.4, 0.5) is 0 Å². The molecule has 13 heavy (non-hydrogen) atoms. The number of ether oxygens (including phenoxy) is 2. The molecule has 1 heterocycles. The first-order chi connectivity index (χ1) is 6.18. The molecular formula is C9H17NO3. The summed E-state index contributed by atoms with van der Waals surface area (Å²) in [5, 5.41) is 0. The van der Waals surface area contributed by atoms with E-state index >= 15 is 0 Å². The van der Waals surface area contributed by atoms with Crippen LogP contribution in [0.25, 0.3) is 0 Å². The molecule has 0 saturated carbocycles. The van der Waals surface area contributed by atoms with Crippen LogP contribution < -0.4 is 5.73 Å². The molecule has 4 heteroatoms. The fraction of sp³-hybridized carbons (Fsp3) is 0.889. The second-order valence-electron chi connectivity index (χ2n) is 3.50. The number of esters is 1. The Morgan fingerprint density at radius 3 is 3.08 bits per heavy atom. The van der Waals surface area contributed by atoms with Gasteiger partial charge in [0.1, 0.15) is 6.61 Å². The highest BCUT2D eigenvalue weighted by Gasteiger charge is 2.17. The highest BCUT2D eigenvalue weighted by Crippen LogP contribution is 2.12. The van der Waals surface area contributed by atoms with Crippen molar-refractivity contribution in [3.63, 3.8) is 0 Å². The maximum atomic E-state index is 11.1. The third-order valence-corrected chi connectivity index (χ3v) is 1.94. The molecule has 1 aliphatic rings. The van der Waals surface area contributed by atoms with Gasteiger partial charge in [-0.05, 0) is 19.8 Å². The molecule has 0 radical (unpaired) electrons. The second-order valence-corrected chi connectivity index (χ2v) is 3.50. The average molecular weight is 187 g/mol. The van der Waals surface area contributed by atoms with E-state index in [4.69, 9.17) is 15.2 Å². The van der Waals surface area contributed by atoms with Crippen molar-refractivity contribution in [1.82, 2.24) is 0 Å². The smallest absolute Gasteiger partial charge is 0.307 e. The lowest BCUT2D eigenvalue weighted by atomic mass is 10.2. The van der Waals surface area contributed by atoms with E-state index in [2.05, 4.69) is 0 Å². The third kappa shape index (κ3) is 4.24. The van der Waals surface area contributed by atoms with Gasteiger partial charge in [-0.3, -0.25) is 4.79 Å². The van der Waals surface area contributed by atoms with E-state index in [1.165, 1.54) is 0 Å². The summed E-state index contributed by atoms with van der Waals surface area (Å²) in [6.07, 6.45) is 2.45. The highest BCUT2D eigenvalue weighted by atomic mass is 16.6. The van der Waals surface area contributed by atoms with Gasteiger partial charge in [-0.2, -0.15) is 0 Å². The molecule has 4 nitrogen and oxygen atoms in total. The van der Waals surface area contributed by atoms with Crippen LogP contribution in [0.3, 0.4) is 0 Å². The molecule has 1 aliphatic heterocycles. The van der Waals surface area contributed by atoms with Crippen LogP contribution in [-0.4, -0.2) is 31.3 Å². The summed E-state index contributed by atoms with van der Waals surface area (Å²) < 4.78 is 10.3. The van der Waals surface area contributed by atoms with Crippen molar-refractivity contribution in [2.75, 3.05) is 13.2 Å². The van der Waals surface area contributed by atoms with Crippen LogP contribution in [0, 0.1) is 0 Å². The van der Waals surface area contributed by atoms with Gasteiger partial charge in [0, 0.05) is 12.6 Å². The lowest BCUT2D eigenvalue weighted by Crippen LogP contribution is -2.24. The molecule has 0 aromatic carbocycles. The molecular weight excluding hydrogens is 170 g/mol. The molecule has 2 atom stereocenters. The molecule has 2 unspecified atom stereocenters. The zero-order valence-electron chi connectivity index (χ0n) is 7.99. The minimum absolute atomic E-state index is 0.108. The van der Waals surface area contributed by atoms with E-state index in [9.17, 15) is 4.79 Å². The van der Waals surface area contributed by atoms with Crippen LogP contribution in [0.15, 0.2) is 0 Å². The zero-order valence-corrected chi connectivity index (χ0v) is 7.99. The predicted octanol–water partition coefficient (Wildman–Crippen LogP) is 0.446.